The first kappa shape index (κ1) is 31.6. The molecule has 0 aliphatic carbocycles. The summed E-state index contributed by atoms with van der Waals surface area (Å²) in [6, 6.07) is 8.20. The fraction of sp³-hybridized carbons (Fsp3) is 0.645. The standard InChI is InChI=1S/C31H46N2O7/c1-9-21(15-20(2)3)17-24(26(34)25-19-39-31(7,8)33(25)29(37)40-30(4,5)6)27(35)32-23(18-38-28(32)36)16-22-13-11-10-12-14-22/h9-14,20-21,23-26,34H,1,15-19H2,2-8H3/t21-,23+,24+,25+,26+/m0/s1. The second-order valence-electron chi connectivity index (χ2n) is 12.8. The van der Waals surface area contributed by atoms with E-state index in [4.69, 9.17) is 14.2 Å². The molecule has 9 heteroatoms. The van der Waals surface area contributed by atoms with Gasteiger partial charge in [0.25, 0.3) is 0 Å². The van der Waals surface area contributed by atoms with E-state index in [9.17, 15) is 19.5 Å². The second-order valence-corrected chi connectivity index (χ2v) is 12.8. The molecule has 0 radical (unpaired) electrons. The average Bonchev–Trinajstić information content (AvgIpc) is 3.38. The Hall–Kier alpha value is -2.91. The Kier molecular flexibility index (Phi) is 10.1. The van der Waals surface area contributed by atoms with Crippen LogP contribution in [0.15, 0.2) is 43.0 Å². The lowest BCUT2D eigenvalue weighted by molar-refractivity contribution is -0.140. The van der Waals surface area contributed by atoms with Crippen molar-refractivity contribution in [2.75, 3.05) is 13.2 Å². The van der Waals surface area contributed by atoms with Gasteiger partial charge in [0.2, 0.25) is 5.91 Å². The van der Waals surface area contributed by atoms with Gasteiger partial charge >= 0.3 is 12.2 Å². The lowest BCUT2D eigenvalue weighted by Gasteiger charge is -2.39. The predicted octanol–water partition coefficient (Wildman–Crippen LogP) is 5.16. The smallest absolute Gasteiger partial charge is 0.416 e. The first-order chi connectivity index (χ1) is 18.6. The first-order valence-electron chi connectivity index (χ1n) is 14.1. The largest absolute Gasteiger partial charge is 0.447 e. The molecule has 1 aromatic carbocycles. The molecule has 40 heavy (non-hydrogen) atoms. The quantitative estimate of drug-likeness (QED) is 0.395. The number of hydrogen-bond acceptors (Lipinski definition) is 7. The molecule has 2 aliphatic heterocycles. The summed E-state index contributed by atoms with van der Waals surface area (Å²) in [5.41, 5.74) is -0.874. The molecule has 0 spiro atoms. The molecule has 222 valence electrons. The Bertz CT molecular complexity index is 1050. The number of cyclic esters (lactones) is 1. The highest BCUT2D eigenvalue weighted by atomic mass is 16.6. The average molecular weight is 559 g/mol. The number of aliphatic hydroxyl groups excluding tert-OH is 1. The summed E-state index contributed by atoms with van der Waals surface area (Å²) in [6.07, 6.45) is 0.522. The molecule has 2 aliphatic rings. The van der Waals surface area contributed by atoms with Crippen LogP contribution in [0.25, 0.3) is 0 Å². The fourth-order valence-electron chi connectivity index (χ4n) is 5.57. The van der Waals surface area contributed by atoms with Crippen LogP contribution in [-0.4, -0.2) is 75.7 Å². The number of aliphatic hydroxyl groups is 1. The number of ether oxygens (including phenoxy) is 3. The molecule has 2 fully saturated rings. The Morgan fingerprint density at radius 3 is 2.40 bits per heavy atom. The maximum Gasteiger partial charge on any atom is 0.416 e. The van der Waals surface area contributed by atoms with Gasteiger partial charge in [-0.3, -0.25) is 9.69 Å². The van der Waals surface area contributed by atoms with E-state index in [-0.39, 0.29) is 25.6 Å². The van der Waals surface area contributed by atoms with Crippen LogP contribution in [0.4, 0.5) is 9.59 Å². The van der Waals surface area contributed by atoms with Gasteiger partial charge in [0.1, 0.15) is 17.9 Å². The number of carbonyl (C=O) groups is 3. The second kappa shape index (κ2) is 12.7. The Balaban J connectivity index is 1.96. The van der Waals surface area contributed by atoms with Gasteiger partial charge in [-0.1, -0.05) is 50.3 Å². The number of nitrogens with zero attached hydrogens (tertiary/aromatic N) is 2. The zero-order valence-corrected chi connectivity index (χ0v) is 25.0. The summed E-state index contributed by atoms with van der Waals surface area (Å²) in [6.45, 7) is 16.9. The van der Waals surface area contributed by atoms with Crippen molar-refractivity contribution in [2.24, 2.45) is 17.8 Å². The Morgan fingerprint density at radius 2 is 1.82 bits per heavy atom. The minimum absolute atomic E-state index is 0.0119. The Labute approximate surface area is 238 Å². The maximum atomic E-state index is 14.2. The predicted molar refractivity (Wildman–Crippen MR) is 151 cm³/mol. The number of amides is 3. The van der Waals surface area contributed by atoms with Gasteiger partial charge in [0.15, 0.2) is 0 Å². The summed E-state index contributed by atoms with van der Waals surface area (Å²) in [7, 11) is 0. The molecular weight excluding hydrogens is 512 g/mol. The first-order valence-corrected chi connectivity index (χ1v) is 14.1. The highest BCUT2D eigenvalue weighted by Crippen LogP contribution is 2.36. The molecule has 0 aromatic heterocycles. The van der Waals surface area contributed by atoms with Gasteiger partial charge in [-0.05, 0) is 71.3 Å². The van der Waals surface area contributed by atoms with E-state index in [1.807, 2.05) is 30.3 Å². The number of imide groups is 1. The van der Waals surface area contributed by atoms with Gasteiger partial charge < -0.3 is 19.3 Å². The molecule has 2 saturated heterocycles. The van der Waals surface area contributed by atoms with Crippen LogP contribution >= 0.6 is 0 Å². The summed E-state index contributed by atoms with van der Waals surface area (Å²) < 4.78 is 16.9. The van der Waals surface area contributed by atoms with E-state index in [0.717, 1.165) is 16.9 Å². The third-order valence-electron chi connectivity index (χ3n) is 7.41. The van der Waals surface area contributed by atoms with Crippen LogP contribution in [0, 0.1) is 17.8 Å². The number of hydrogen-bond donors (Lipinski definition) is 1. The molecule has 0 bridgehead atoms. The third kappa shape index (κ3) is 7.63. The molecule has 3 rings (SSSR count). The van der Waals surface area contributed by atoms with Crippen molar-refractivity contribution < 1.29 is 33.7 Å². The van der Waals surface area contributed by atoms with Crippen molar-refractivity contribution in [3.63, 3.8) is 0 Å². The summed E-state index contributed by atoms with van der Waals surface area (Å²) >= 11 is 0. The van der Waals surface area contributed by atoms with E-state index in [2.05, 4.69) is 20.4 Å². The molecule has 1 N–H and O–H groups in total. The third-order valence-corrected chi connectivity index (χ3v) is 7.41. The van der Waals surface area contributed by atoms with Crippen LogP contribution in [0.2, 0.25) is 0 Å². The number of rotatable bonds is 10. The number of allylic oxidation sites excluding steroid dienone is 1. The van der Waals surface area contributed by atoms with Crippen molar-refractivity contribution >= 4 is 18.1 Å². The summed E-state index contributed by atoms with van der Waals surface area (Å²) in [4.78, 5) is 42.9. The lowest BCUT2D eigenvalue weighted by Crippen LogP contribution is -2.57. The van der Waals surface area contributed by atoms with Crippen molar-refractivity contribution in [2.45, 2.75) is 97.2 Å². The monoisotopic (exact) mass is 558 g/mol. The zero-order chi connectivity index (χ0) is 29.8. The zero-order valence-electron chi connectivity index (χ0n) is 25.0. The van der Waals surface area contributed by atoms with Crippen LogP contribution in [0.5, 0.6) is 0 Å². The maximum absolute atomic E-state index is 14.2. The van der Waals surface area contributed by atoms with E-state index < -0.39 is 53.5 Å². The van der Waals surface area contributed by atoms with Gasteiger partial charge in [-0.2, -0.15) is 0 Å². The van der Waals surface area contributed by atoms with E-state index in [1.54, 1.807) is 40.7 Å². The van der Waals surface area contributed by atoms with E-state index >= 15 is 0 Å². The fourth-order valence-corrected chi connectivity index (χ4v) is 5.57. The topological polar surface area (TPSA) is 106 Å². The van der Waals surface area contributed by atoms with Crippen molar-refractivity contribution in [1.82, 2.24) is 9.80 Å². The minimum Gasteiger partial charge on any atom is -0.447 e. The number of benzene rings is 1. The highest BCUT2D eigenvalue weighted by Gasteiger charge is 2.52. The number of carbonyl (C=O) groups excluding carboxylic acids is 3. The molecule has 9 nitrogen and oxygen atoms in total. The van der Waals surface area contributed by atoms with Gasteiger partial charge in [-0.25, -0.2) is 14.5 Å². The van der Waals surface area contributed by atoms with Crippen molar-refractivity contribution in [3.05, 3.63) is 48.6 Å². The Morgan fingerprint density at radius 1 is 1.18 bits per heavy atom. The van der Waals surface area contributed by atoms with E-state index in [0.29, 0.717) is 12.3 Å². The molecule has 0 unspecified atom stereocenters. The lowest BCUT2D eigenvalue weighted by atomic mass is 9.82. The van der Waals surface area contributed by atoms with Crippen LogP contribution in [0.1, 0.15) is 66.9 Å². The molecule has 5 atom stereocenters. The normalized spacial score (nSPS) is 23.1. The molecule has 2 heterocycles. The summed E-state index contributed by atoms with van der Waals surface area (Å²) in [5, 5.41) is 11.9. The van der Waals surface area contributed by atoms with Gasteiger partial charge in [0, 0.05) is 0 Å². The van der Waals surface area contributed by atoms with Crippen LogP contribution in [-0.2, 0) is 25.4 Å². The van der Waals surface area contributed by atoms with E-state index in [1.165, 1.54) is 4.90 Å². The van der Waals surface area contributed by atoms with Crippen molar-refractivity contribution in [1.29, 1.82) is 0 Å². The molecule has 3 amide bonds. The van der Waals surface area contributed by atoms with Gasteiger partial charge in [-0.15, -0.1) is 6.58 Å². The van der Waals surface area contributed by atoms with Gasteiger partial charge in [0.05, 0.1) is 30.7 Å². The molecule has 1 aromatic rings. The minimum atomic E-state index is -1.33. The van der Waals surface area contributed by atoms with Crippen molar-refractivity contribution in [3.8, 4) is 0 Å². The highest BCUT2D eigenvalue weighted by molar-refractivity contribution is 5.95. The SMILES string of the molecule is C=C[C@@H](CC(C)C)C[C@@H](C(=O)N1C(=O)OC[C@H]1Cc1ccccc1)[C@@H](O)[C@H]1COC(C)(C)N1C(=O)OC(C)(C)C. The molecule has 0 saturated carbocycles. The molecular formula is C31H46N2O7. The summed E-state index contributed by atoms with van der Waals surface area (Å²) in [5.74, 6) is -1.32. The van der Waals surface area contributed by atoms with Crippen LogP contribution < -0.4 is 0 Å². The van der Waals surface area contributed by atoms with Crippen LogP contribution in [0.3, 0.4) is 0 Å².